The van der Waals surface area contributed by atoms with Gasteiger partial charge in [-0.3, -0.25) is 4.39 Å². The van der Waals surface area contributed by atoms with E-state index in [1.807, 2.05) is 0 Å². The maximum absolute atomic E-state index is 15.2. The molecule has 2 aromatic carbocycles. The van der Waals surface area contributed by atoms with Gasteiger partial charge in [0, 0.05) is 24.2 Å². The van der Waals surface area contributed by atoms with Gasteiger partial charge in [-0.05, 0) is 56.1 Å². The number of halogens is 4. The molecule has 7 heteroatoms. The van der Waals surface area contributed by atoms with Gasteiger partial charge in [-0.2, -0.15) is 8.78 Å². The van der Waals surface area contributed by atoms with Crippen molar-refractivity contribution in [3.05, 3.63) is 65.0 Å². The average Bonchev–Trinajstić information content (AvgIpc) is 2.83. The second-order valence-corrected chi connectivity index (χ2v) is 8.66. The summed E-state index contributed by atoms with van der Waals surface area (Å²) in [5.41, 5.74) is 1.41. The van der Waals surface area contributed by atoms with Crippen LogP contribution in [0.3, 0.4) is 0 Å². The van der Waals surface area contributed by atoms with Gasteiger partial charge in [-0.25, -0.2) is 4.39 Å². The van der Waals surface area contributed by atoms with Crippen molar-refractivity contribution in [2.45, 2.75) is 51.0 Å². The molecule has 0 bridgehead atoms. The molecule has 4 rings (SSSR count). The summed E-state index contributed by atoms with van der Waals surface area (Å²) in [7, 11) is 0. The minimum atomic E-state index is -1.19. The molecular formula is C26H28F4O3. The van der Waals surface area contributed by atoms with Gasteiger partial charge in [-0.15, -0.1) is 0 Å². The summed E-state index contributed by atoms with van der Waals surface area (Å²) in [6, 6.07) is 4.86. The Bertz CT molecular complexity index is 1000. The van der Waals surface area contributed by atoms with Gasteiger partial charge in [0.2, 0.25) is 11.6 Å². The maximum atomic E-state index is 15.2. The Balaban J connectivity index is 1.43. The summed E-state index contributed by atoms with van der Waals surface area (Å²) in [5.74, 6) is -3.12. The lowest BCUT2D eigenvalue weighted by atomic mass is 9.91. The van der Waals surface area contributed by atoms with Gasteiger partial charge in [0.25, 0.3) is 0 Å². The molecule has 0 radical (unpaired) electrons. The third-order valence-corrected chi connectivity index (χ3v) is 6.35. The van der Waals surface area contributed by atoms with Crippen molar-refractivity contribution in [2.24, 2.45) is 5.92 Å². The summed E-state index contributed by atoms with van der Waals surface area (Å²) in [5, 5.41) is 0. The smallest absolute Gasteiger partial charge is 0.205 e. The Hall–Kier alpha value is -2.54. The summed E-state index contributed by atoms with van der Waals surface area (Å²) in [4.78, 5) is 0. The second kappa shape index (κ2) is 10.6. The van der Waals surface area contributed by atoms with Crippen LogP contribution in [0.15, 0.2) is 30.9 Å². The van der Waals surface area contributed by atoms with Crippen molar-refractivity contribution in [1.29, 1.82) is 0 Å². The van der Waals surface area contributed by atoms with E-state index in [-0.39, 0.29) is 43.1 Å². The molecule has 0 amide bonds. The fourth-order valence-corrected chi connectivity index (χ4v) is 4.52. The van der Waals surface area contributed by atoms with E-state index in [0.717, 1.165) is 19.3 Å². The number of hydrogen-bond donors (Lipinski definition) is 0. The molecule has 2 aliphatic heterocycles. The third kappa shape index (κ3) is 5.18. The third-order valence-electron chi connectivity index (χ3n) is 6.35. The van der Waals surface area contributed by atoms with Crippen molar-refractivity contribution in [3.8, 4) is 17.2 Å². The van der Waals surface area contributed by atoms with Crippen LogP contribution in [0.4, 0.5) is 17.6 Å². The molecule has 0 aliphatic carbocycles. The van der Waals surface area contributed by atoms with Crippen LogP contribution in [0.25, 0.3) is 0 Å². The predicted octanol–water partition coefficient (Wildman–Crippen LogP) is 6.84. The van der Waals surface area contributed by atoms with Gasteiger partial charge in [0.15, 0.2) is 23.1 Å². The van der Waals surface area contributed by atoms with Gasteiger partial charge >= 0.3 is 0 Å². The van der Waals surface area contributed by atoms with E-state index in [2.05, 4.69) is 6.58 Å². The highest BCUT2D eigenvalue weighted by Gasteiger charge is 2.29. The van der Waals surface area contributed by atoms with Crippen LogP contribution in [0.2, 0.25) is 0 Å². The summed E-state index contributed by atoms with van der Waals surface area (Å²) in [6.45, 7) is 3.84. The van der Waals surface area contributed by atoms with E-state index in [0.29, 0.717) is 48.5 Å². The highest BCUT2D eigenvalue weighted by molar-refractivity contribution is 5.54. The van der Waals surface area contributed by atoms with Crippen LogP contribution in [-0.2, 0) is 17.6 Å². The fourth-order valence-electron chi connectivity index (χ4n) is 4.52. The van der Waals surface area contributed by atoms with Crippen molar-refractivity contribution in [3.63, 3.8) is 0 Å². The highest BCUT2D eigenvalue weighted by atomic mass is 19.2. The summed E-state index contributed by atoms with van der Waals surface area (Å²) < 4.78 is 73.2. The van der Waals surface area contributed by atoms with Gasteiger partial charge in [-0.1, -0.05) is 24.8 Å². The molecule has 178 valence electrons. The van der Waals surface area contributed by atoms with Gasteiger partial charge in [0.05, 0.1) is 12.8 Å². The van der Waals surface area contributed by atoms with Crippen molar-refractivity contribution in [1.82, 2.24) is 0 Å². The molecule has 2 atom stereocenters. The van der Waals surface area contributed by atoms with E-state index in [1.54, 1.807) is 12.1 Å². The van der Waals surface area contributed by atoms with Crippen molar-refractivity contribution in [2.75, 3.05) is 19.9 Å². The lowest BCUT2D eigenvalue weighted by Gasteiger charge is -2.29. The molecule has 0 aromatic heterocycles. The van der Waals surface area contributed by atoms with Crippen LogP contribution in [0.1, 0.15) is 48.8 Å². The first kappa shape index (κ1) is 23.6. The molecule has 2 aromatic rings. The summed E-state index contributed by atoms with van der Waals surface area (Å²) in [6.07, 6.45) is 6.02. The molecular weight excluding hydrogens is 436 g/mol. The molecule has 3 nitrogen and oxygen atoms in total. The Morgan fingerprint density at radius 3 is 2.58 bits per heavy atom. The first-order valence-electron chi connectivity index (χ1n) is 11.4. The first-order chi connectivity index (χ1) is 16.0. The number of hydrogen-bond acceptors (Lipinski definition) is 3. The predicted molar refractivity (Wildman–Crippen MR) is 117 cm³/mol. The molecule has 2 unspecified atom stereocenters. The highest BCUT2D eigenvalue weighted by Crippen LogP contribution is 2.43. The Morgan fingerprint density at radius 2 is 1.85 bits per heavy atom. The summed E-state index contributed by atoms with van der Waals surface area (Å²) >= 11 is 0. The minimum absolute atomic E-state index is 0.0317. The van der Waals surface area contributed by atoms with E-state index in [4.69, 9.17) is 14.2 Å². The molecule has 0 saturated carbocycles. The normalized spacial score (nSPS) is 19.4. The number of aryl methyl sites for hydroxylation is 1. The zero-order chi connectivity index (χ0) is 23.4. The van der Waals surface area contributed by atoms with Crippen LogP contribution < -0.4 is 9.47 Å². The minimum Gasteiger partial charge on any atom is -0.486 e. The average molecular weight is 464 g/mol. The lowest BCUT2D eigenvalue weighted by molar-refractivity contribution is -0.0222. The van der Waals surface area contributed by atoms with E-state index >= 15 is 4.39 Å². The number of fused-ring (bicyclic) bond motifs is 2. The molecule has 0 N–H and O–H groups in total. The maximum Gasteiger partial charge on any atom is 0.205 e. The second-order valence-electron chi connectivity index (χ2n) is 8.66. The number of alkyl halides is 1. The van der Waals surface area contributed by atoms with Crippen molar-refractivity contribution >= 4 is 0 Å². The topological polar surface area (TPSA) is 27.7 Å². The number of rotatable bonds is 9. The Kier molecular flexibility index (Phi) is 7.58. The molecule has 2 aliphatic rings. The van der Waals surface area contributed by atoms with E-state index in [9.17, 15) is 13.2 Å². The SMILES string of the molecule is C=CCOc1cc2c(c(F)c1F)Oc1c(ccc(CCC3CCC(CCCF)CO3)c1F)C2. The van der Waals surface area contributed by atoms with Crippen molar-refractivity contribution < 1.29 is 31.8 Å². The first-order valence-corrected chi connectivity index (χ1v) is 11.4. The monoisotopic (exact) mass is 464 g/mol. The van der Waals surface area contributed by atoms with E-state index in [1.165, 1.54) is 12.1 Å². The van der Waals surface area contributed by atoms with Crippen LogP contribution in [0, 0.1) is 23.4 Å². The zero-order valence-electron chi connectivity index (χ0n) is 18.5. The quantitative estimate of drug-likeness (QED) is 0.256. The van der Waals surface area contributed by atoms with Crippen LogP contribution >= 0.6 is 0 Å². The van der Waals surface area contributed by atoms with Crippen LogP contribution in [-0.4, -0.2) is 26.0 Å². The Labute approximate surface area is 191 Å². The van der Waals surface area contributed by atoms with E-state index < -0.39 is 17.5 Å². The zero-order valence-corrected chi connectivity index (χ0v) is 18.5. The van der Waals surface area contributed by atoms with Gasteiger partial charge in [0.1, 0.15) is 6.61 Å². The standard InChI is InChI=1S/C26H28F4O3/c1-2-12-31-21-14-19-13-18-7-6-17(22(28)25(18)33-26(19)24(30)23(21)29)8-10-20-9-5-16(15-32-20)4-3-11-27/h2,6-7,14,16,20H,1,3-5,8-13,15H2. The fraction of sp³-hybridized carbons (Fsp3) is 0.462. The largest absolute Gasteiger partial charge is 0.486 e. The molecule has 33 heavy (non-hydrogen) atoms. The molecule has 1 saturated heterocycles. The van der Waals surface area contributed by atoms with Crippen LogP contribution in [0.5, 0.6) is 17.2 Å². The number of benzene rings is 2. The molecule has 1 fully saturated rings. The molecule has 2 heterocycles. The lowest BCUT2D eigenvalue weighted by Crippen LogP contribution is -2.26. The van der Waals surface area contributed by atoms with Gasteiger partial charge < -0.3 is 14.2 Å². The Morgan fingerprint density at radius 1 is 1.03 bits per heavy atom. The number of ether oxygens (including phenoxy) is 3. The molecule has 0 spiro atoms.